The molecule has 0 saturated carbocycles. The van der Waals surface area contributed by atoms with Gasteiger partial charge in [0.05, 0.1) is 0 Å². The van der Waals surface area contributed by atoms with E-state index < -0.39 is 0 Å². The summed E-state index contributed by atoms with van der Waals surface area (Å²) < 4.78 is 5.40. The average Bonchev–Trinajstić information content (AvgIpc) is 2.70. The maximum atomic E-state index is 11.7. The van der Waals surface area contributed by atoms with Gasteiger partial charge in [-0.25, -0.2) is 0 Å². The maximum Gasteiger partial charge on any atom is 0.220 e. The van der Waals surface area contributed by atoms with Gasteiger partial charge in [-0.2, -0.15) is 0 Å². The predicted octanol–water partition coefficient (Wildman–Crippen LogP) is 2.05. The van der Waals surface area contributed by atoms with Crippen molar-refractivity contribution in [2.45, 2.75) is 40.0 Å². The van der Waals surface area contributed by atoms with Crippen LogP contribution in [0.25, 0.3) is 0 Å². The number of carbonyl (C=O) groups is 1. The van der Waals surface area contributed by atoms with E-state index in [1.54, 1.807) is 0 Å². The molecule has 0 aromatic carbocycles. The summed E-state index contributed by atoms with van der Waals surface area (Å²) in [6.07, 6.45) is 1.74. The van der Waals surface area contributed by atoms with Gasteiger partial charge in [-0.15, -0.1) is 0 Å². The van der Waals surface area contributed by atoms with Gasteiger partial charge in [-0.05, 0) is 30.9 Å². The van der Waals surface area contributed by atoms with Crippen molar-refractivity contribution < 1.29 is 14.3 Å². The highest BCUT2D eigenvalue weighted by Crippen LogP contribution is 2.18. The van der Waals surface area contributed by atoms with Gasteiger partial charge < -0.3 is 14.8 Å². The van der Waals surface area contributed by atoms with E-state index in [1.807, 2.05) is 32.9 Å². The second-order valence-corrected chi connectivity index (χ2v) is 5.43. The Hall–Kier alpha value is -1.29. The first-order chi connectivity index (χ1) is 8.43. The fourth-order valence-electron chi connectivity index (χ4n) is 1.67. The number of nitrogens with one attached hydrogen (secondary N) is 1. The lowest BCUT2D eigenvalue weighted by Crippen LogP contribution is -2.34. The molecule has 0 bridgehead atoms. The molecular weight excluding hydrogens is 230 g/mol. The van der Waals surface area contributed by atoms with Crippen LogP contribution in [-0.2, 0) is 11.2 Å². The summed E-state index contributed by atoms with van der Waals surface area (Å²) in [6.45, 7) is 6.68. The first kappa shape index (κ1) is 14.8. The first-order valence-electron chi connectivity index (χ1n) is 6.36. The summed E-state index contributed by atoms with van der Waals surface area (Å²) in [5, 5.41) is 11.8. The average molecular weight is 253 g/mol. The highest BCUT2D eigenvalue weighted by atomic mass is 16.3. The number of aryl methyl sites for hydroxylation is 2. The van der Waals surface area contributed by atoms with Crippen molar-refractivity contribution in [1.29, 1.82) is 0 Å². The fraction of sp³-hybridized carbons (Fsp3) is 0.643. The van der Waals surface area contributed by atoms with Gasteiger partial charge in [0.25, 0.3) is 0 Å². The molecule has 0 atom stereocenters. The van der Waals surface area contributed by atoms with Crippen LogP contribution >= 0.6 is 0 Å². The number of aliphatic hydroxyl groups is 1. The largest absolute Gasteiger partial charge is 0.466 e. The van der Waals surface area contributed by atoms with Crippen molar-refractivity contribution in [2.75, 3.05) is 13.2 Å². The Labute approximate surface area is 108 Å². The van der Waals surface area contributed by atoms with E-state index in [0.29, 0.717) is 25.8 Å². The molecule has 0 aliphatic carbocycles. The molecule has 4 heteroatoms. The highest BCUT2D eigenvalue weighted by molar-refractivity contribution is 5.76. The molecule has 0 unspecified atom stereocenters. The van der Waals surface area contributed by atoms with Gasteiger partial charge in [0, 0.05) is 26.0 Å². The van der Waals surface area contributed by atoms with Crippen LogP contribution in [0.2, 0.25) is 0 Å². The summed E-state index contributed by atoms with van der Waals surface area (Å²) in [5.74, 6) is 1.74. The molecule has 1 rings (SSSR count). The lowest BCUT2D eigenvalue weighted by Gasteiger charge is -2.23. The minimum Gasteiger partial charge on any atom is -0.466 e. The normalized spacial score (nSPS) is 11.6. The van der Waals surface area contributed by atoms with Crippen LogP contribution in [0.15, 0.2) is 16.5 Å². The van der Waals surface area contributed by atoms with Crippen LogP contribution in [0.4, 0.5) is 0 Å². The summed E-state index contributed by atoms with van der Waals surface area (Å²) in [6, 6.07) is 3.80. The molecule has 1 amide bonds. The van der Waals surface area contributed by atoms with Crippen molar-refractivity contribution in [2.24, 2.45) is 5.41 Å². The molecule has 1 heterocycles. The molecule has 2 N–H and O–H groups in total. The molecule has 0 aliphatic rings. The van der Waals surface area contributed by atoms with Crippen LogP contribution in [-0.4, -0.2) is 24.2 Å². The van der Waals surface area contributed by atoms with Gasteiger partial charge in [-0.3, -0.25) is 4.79 Å². The van der Waals surface area contributed by atoms with E-state index in [0.717, 1.165) is 11.5 Å². The number of aliphatic hydroxyl groups excluding tert-OH is 1. The summed E-state index contributed by atoms with van der Waals surface area (Å²) in [4.78, 5) is 11.7. The van der Waals surface area contributed by atoms with Crippen molar-refractivity contribution in [3.8, 4) is 0 Å². The Morgan fingerprint density at radius 3 is 2.72 bits per heavy atom. The third-order valence-electron chi connectivity index (χ3n) is 2.95. The Kier molecular flexibility index (Phi) is 5.41. The van der Waals surface area contributed by atoms with Crippen LogP contribution < -0.4 is 5.32 Å². The van der Waals surface area contributed by atoms with E-state index >= 15 is 0 Å². The molecule has 18 heavy (non-hydrogen) atoms. The molecule has 102 valence electrons. The number of carbonyl (C=O) groups excluding carboxylic acids is 1. The number of rotatable bonds is 7. The summed E-state index contributed by atoms with van der Waals surface area (Å²) in [5.41, 5.74) is -0.0638. The van der Waals surface area contributed by atoms with E-state index in [4.69, 9.17) is 9.52 Å². The Balaban J connectivity index is 2.26. The quantitative estimate of drug-likeness (QED) is 0.781. The van der Waals surface area contributed by atoms with Crippen molar-refractivity contribution in [3.05, 3.63) is 23.7 Å². The lowest BCUT2D eigenvalue weighted by atomic mass is 9.90. The van der Waals surface area contributed by atoms with Gasteiger partial charge in [-0.1, -0.05) is 13.8 Å². The van der Waals surface area contributed by atoms with E-state index in [1.165, 1.54) is 0 Å². The minimum atomic E-state index is -0.0638. The van der Waals surface area contributed by atoms with Gasteiger partial charge in [0.1, 0.15) is 11.5 Å². The van der Waals surface area contributed by atoms with Crippen molar-refractivity contribution in [3.63, 3.8) is 0 Å². The molecule has 0 fully saturated rings. The Morgan fingerprint density at radius 2 is 2.17 bits per heavy atom. The standard InChI is InChI=1S/C14H23NO3/c1-11-4-5-12(18-11)6-7-13(17)15-10-14(2,3)8-9-16/h4-5,16H,6-10H2,1-3H3,(H,15,17). The molecular formula is C14H23NO3. The van der Waals surface area contributed by atoms with Crippen LogP contribution in [0.3, 0.4) is 0 Å². The number of furan rings is 1. The maximum absolute atomic E-state index is 11.7. The Morgan fingerprint density at radius 1 is 1.44 bits per heavy atom. The molecule has 1 aromatic rings. The van der Waals surface area contributed by atoms with Crippen molar-refractivity contribution in [1.82, 2.24) is 5.32 Å². The summed E-state index contributed by atoms with van der Waals surface area (Å²) in [7, 11) is 0. The molecule has 0 radical (unpaired) electrons. The molecule has 0 spiro atoms. The molecule has 1 aromatic heterocycles. The third kappa shape index (κ3) is 5.36. The molecule has 0 aliphatic heterocycles. The zero-order valence-electron chi connectivity index (χ0n) is 11.5. The van der Waals surface area contributed by atoms with E-state index in [2.05, 4.69) is 5.32 Å². The van der Waals surface area contributed by atoms with E-state index in [-0.39, 0.29) is 17.9 Å². The number of amides is 1. The van der Waals surface area contributed by atoms with Gasteiger partial charge in [0.15, 0.2) is 0 Å². The third-order valence-corrected chi connectivity index (χ3v) is 2.95. The fourth-order valence-corrected chi connectivity index (χ4v) is 1.67. The van der Waals surface area contributed by atoms with Gasteiger partial charge in [0.2, 0.25) is 5.91 Å². The van der Waals surface area contributed by atoms with Crippen molar-refractivity contribution >= 4 is 5.91 Å². The predicted molar refractivity (Wildman–Crippen MR) is 70.3 cm³/mol. The SMILES string of the molecule is Cc1ccc(CCC(=O)NCC(C)(C)CCO)o1. The second-order valence-electron chi connectivity index (χ2n) is 5.43. The van der Waals surface area contributed by atoms with Crippen LogP contribution in [0, 0.1) is 12.3 Å². The number of hydrogen-bond donors (Lipinski definition) is 2. The first-order valence-corrected chi connectivity index (χ1v) is 6.36. The Bertz CT molecular complexity index is 382. The van der Waals surface area contributed by atoms with Crippen LogP contribution in [0.1, 0.15) is 38.2 Å². The number of hydrogen-bond acceptors (Lipinski definition) is 3. The lowest BCUT2D eigenvalue weighted by molar-refractivity contribution is -0.121. The minimum absolute atomic E-state index is 0.0232. The summed E-state index contributed by atoms with van der Waals surface area (Å²) >= 11 is 0. The van der Waals surface area contributed by atoms with Crippen LogP contribution in [0.5, 0.6) is 0 Å². The topological polar surface area (TPSA) is 62.5 Å². The molecule has 4 nitrogen and oxygen atoms in total. The van der Waals surface area contributed by atoms with Gasteiger partial charge >= 0.3 is 0 Å². The monoisotopic (exact) mass is 253 g/mol. The van der Waals surface area contributed by atoms with E-state index in [9.17, 15) is 4.79 Å². The second kappa shape index (κ2) is 6.59. The smallest absolute Gasteiger partial charge is 0.220 e. The zero-order valence-corrected chi connectivity index (χ0v) is 11.5. The zero-order chi connectivity index (χ0) is 13.6. The molecule has 0 saturated heterocycles. The highest BCUT2D eigenvalue weighted by Gasteiger charge is 2.18.